The van der Waals surface area contributed by atoms with Crippen LogP contribution in [0.5, 0.6) is 0 Å². The van der Waals surface area contributed by atoms with Gasteiger partial charge < -0.3 is 5.32 Å². The van der Waals surface area contributed by atoms with E-state index in [4.69, 9.17) is 11.6 Å². The molecule has 0 saturated carbocycles. The SMILES string of the molecule is CCCCC[C@@H](c1cc(F)ccc1Cl)N1CCNCC1.Cl.Cl. The number of hydrogen-bond donors (Lipinski definition) is 1. The van der Waals surface area contributed by atoms with Gasteiger partial charge in [-0.15, -0.1) is 24.8 Å². The standard InChI is InChI=1S/C16H24ClFN2.2ClH/c1-2-3-4-5-16(20-10-8-19-9-11-20)14-12-13(18)6-7-15(14)17;;/h6-7,12,16,19H,2-5,8-11H2,1H3;2*1H/t16-;;/m0../s1. The molecule has 0 radical (unpaired) electrons. The minimum atomic E-state index is -0.194. The van der Waals surface area contributed by atoms with Crippen LogP contribution in [0.15, 0.2) is 18.2 Å². The van der Waals surface area contributed by atoms with Gasteiger partial charge in [0.2, 0.25) is 0 Å². The fourth-order valence-electron chi connectivity index (χ4n) is 2.89. The molecule has 1 aliphatic rings. The Morgan fingerprint density at radius 3 is 2.55 bits per heavy atom. The van der Waals surface area contributed by atoms with Crippen molar-refractivity contribution in [2.75, 3.05) is 26.2 Å². The molecule has 1 aliphatic heterocycles. The molecule has 1 N–H and O–H groups in total. The van der Waals surface area contributed by atoms with Crippen LogP contribution in [0.25, 0.3) is 0 Å². The molecule has 1 aromatic rings. The van der Waals surface area contributed by atoms with E-state index < -0.39 is 0 Å². The second kappa shape index (κ2) is 11.5. The van der Waals surface area contributed by atoms with Crippen LogP contribution >= 0.6 is 36.4 Å². The van der Waals surface area contributed by atoms with Crippen molar-refractivity contribution in [1.82, 2.24) is 10.2 Å². The van der Waals surface area contributed by atoms with Crippen molar-refractivity contribution in [2.45, 2.75) is 38.6 Å². The van der Waals surface area contributed by atoms with Gasteiger partial charge in [0.15, 0.2) is 0 Å². The van der Waals surface area contributed by atoms with Crippen LogP contribution in [0.3, 0.4) is 0 Å². The van der Waals surface area contributed by atoms with E-state index in [0.717, 1.165) is 44.6 Å². The zero-order chi connectivity index (χ0) is 14.4. The van der Waals surface area contributed by atoms with Crippen molar-refractivity contribution in [3.8, 4) is 0 Å². The number of nitrogens with zero attached hydrogens (tertiary/aromatic N) is 1. The molecule has 6 heteroatoms. The lowest BCUT2D eigenvalue weighted by Gasteiger charge is -2.35. The predicted octanol–water partition coefficient (Wildman–Crippen LogP) is 4.85. The quantitative estimate of drug-likeness (QED) is 0.719. The second-order valence-electron chi connectivity index (χ2n) is 5.46. The highest BCUT2D eigenvalue weighted by molar-refractivity contribution is 6.31. The number of nitrogens with one attached hydrogen (secondary N) is 1. The predicted molar refractivity (Wildman–Crippen MR) is 97.2 cm³/mol. The van der Waals surface area contributed by atoms with Gasteiger partial charge in [0.05, 0.1) is 0 Å². The lowest BCUT2D eigenvalue weighted by molar-refractivity contribution is 0.162. The fraction of sp³-hybridized carbons (Fsp3) is 0.625. The number of rotatable bonds is 6. The Labute approximate surface area is 150 Å². The highest BCUT2D eigenvalue weighted by Gasteiger charge is 2.23. The van der Waals surface area contributed by atoms with E-state index in [1.165, 1.54) is 18.9 Å². The highest BCUT2D eigenvalue weighted by atomic mass is 35.5. The lowest BCUT2D eigenvalue weighted by Crippen LogP contribution is -2.45. The van der Waals surface area contributed by atoms with Crippen LogP contribution in [-0.4, -0.2) is 31.1 Å². The minimum absolute atomic E-state index is 0. The Balaban J connectivity index is 0.00000220. The van der Waals surface area contributed by atoms with Crippen LogP contribution in [0.1, 0.15) is 44.2 Å². The summed E-state index contributed by atoms with van der Waals surface area (Å²) in [7, 11) is 0. The molecule has 0 amide bonds. The molecular formula is C16H26Cl3FN2. The number of unbranched alkanes of at least 4 members (excludes halogenated alkanes) is 2. The normalized spacial score (nSPS) is 16.5. The maximum absolute atomic E-state index is 13.6. The molecule has 0 unspecified atom stereocenters. The topological polar surface area (TPSA) is 15.3 Å². The third-order valence-corrected chi connectivity index (χ3v) is 4.33. The molecule has 1 atom stereocenters. The van der Waals surface area contributed by atoms with E-state index in [1.54, 1.807) is 12.1 Å². The number of halogens is 4. The third kappa shape index (κ3) is 6.21. The molecule has 128 valence electrons. The molecule has 1 fully saturated rings. The van der Waals surface area contributed by atoms with Crippen molar-refractivity contribution in [3.05, 3.63) is 34.6 Å². The first kappa shape index (κ1) is 21.9. The van der Waals surface area contributed by atoms with Gasteiger partial charge in [-0.2, -0.15) is 0 Å². The average Bonchev–Trinajstić information content (AvgIpc) is 2.48. The second-order valence-corrected chi connectivity index (χ2v) is 5.87. The summed E-state index contributed by atoms with van der Waals surface area (Å²) in [4.78, 5) is 2.44. The number of benzene rings is 1. The lowest BCUT2D eigenvalue weighted by atomic mass is 9.98. The third-order valence-electron chi connectivity index (χ3n) is 3.99. The van der Waals surface area contributed by atoms with E-state index in [0.29, 0.717) is 5.02 Å². The van der Waals surface area contributed by atoms with Gasteiger partial charge in [-0.3, -0.25) is 4.90 Å². The van der Waals surface area contributed by atoms with Gasteiger partial charge in [0.1, 0.15) is 5.82 Å². The van der Waals surface area contributed by atoms with Gasteiger partial charge in [-0.05, 0) is 30.2 Å². The number of hydrogen-bond acceptors (Lipinski definition) is 2. The minimum Gasteiger partial charge on any atom is -0.314 e. The molecule has 2 rings (SSSR count). The van der Waals surface area contributed by atoms with Gasteiger partial charge in [0, 0.05) is 37.2 Å². The zero-order valence-corrected chi connectivity index (χ0v) is 15.4. The molecule has 1 aromatic carbocycles. The van der Waals surface area contributed by atoms with Crippen LogP contribution in [0.2, 0.25) is 5.02 Å². The first-order valence-electron chi connectivity index (χ1n) is 7.62. The van der Waals surface area contributed by atoms with E-state index >= 15 is 0 Å². The first-order chi connectivity index (χ1) is 9.72. The van der Waals surface area contributed by atoms with Crippen LogP contribution in [0, 0.1) is 5.82 Å². The van der Waals surface area contributed by atoms with Crippen molar-refractivity contribution in [3.63, 3.8) is 0 Å². The molecular weight excluding hydrogens is 346 g/mol. The Morgan fingerprint density at radius 1 is 1.23 bits per heavy atom. The Hall–Kier alpha value is -0.0600. The van der Waals surface area contributed by atoms with Crippen molar-refractivity contribution in [1.29, 1.82) is 0 Å². The molecule has 0 aromatic heterocycles. The van der Waals surface area contributed by atoms with E-state index in [2.05, 4.69) is 17.1 Å². The van der Waals surface area contributed by atoms with Crippen molar-refractivity contribution < 1.29 is 4.39 Å². The summed E-state index contributed by atoms with van der Waals surface area (Å²) in [5.41, 5.74) is 0.949. The van der Waals surface area contributed by atoms with Crippen LogP contribution in [-0.2, 0) is 0 Å². The highest BCUT2D eigenvalue weighted by Crippen LogP contribution is 2.32. The van der Waals surface area contributed by atoms with Crippen LogP contribution in [0.4, 0.5) is 4.39 Å². The molecule has 0 bridgehead atoms. The molecule has 22 heavy (non-hydrogen) atoms. The first-order valence-corrected chi connectivity index (χ1v) is 8.00. The fourth-order valence-corrected chi connectivity index (χ4v) is 3.13. The Bertz CT molecular complexity index is 426. The van der Waals surface area contributed by atoms with E-state index in [1.807, 2.05) is 0 Å². The number of piperazine rings is 1. The molecule has 2 nitrogen and oxygen atoms in total. The molecule has 1 saturated heterocycles. The van der Waals surface area contributed by atoms with Gasteiger partial charge in [-0.1, -0.05) is 37.8 Å². The zero-order valence-electron chi connectivity index (χ0n) is 13.0. The average molecular weight is 372 g/mol. The summed E-state index contributed by atoms with van der Waals surface area (Å²) in [6, 6.07) is 4.97. The van der Waals surface area contributed by atoms with Crippen LogP contribution < -0.4 is 5.32 Å². The maximum Gasteiger partial charge on any atom is 0.123 e. The van der Waals surface area contributed by atoms with Crippen molar-refractivity contribution in [2.24, 2.45) is 0 Å². The van der Waals surface area contributed by atoms with Gasteiger partial charge in [-0.25, -0.2) is 4.39 Å². The maximum atomic E-state index is 13.6. The summed E-state index contributed by atoms with van der Waals surface area (Å²) in [6.45, 7) is 6.21. The monoisotopic (exact) mass is 370 g/mol. The molecule has 0 aliphatic carbocycles. The molecule has 0 spiro atoms. The smallest absolute Gasteiger partial charge is 0.123 e. The Morgan fingerprint density at radius 2 is 1.91 bits per heavy atom. The summed E-state index contributed by atoms with van der Waals surface area (Å²) in [5, 5.41) is 4.05. The van der Waals surface area contributed by atoms with E-state index in [9.17, 15) is 4.39 Å². The van der Waals surface area contributed by atoms with Crippen molar-refractivity contribution >= 4 is 36.4 Å². The summed E-state index contributed by atoms with van der Waals surface area (Å²) in [5.74, 6) is -0.194. The van der Waals surface area contributed by atoms with E-state index in [-0.39, 0.29) is 36.7 Å². The Kier molecular flexibility index (Phi) is 11.4. The van der Waals surface area contributed by atoms with Gasteiger partial charge in [0.25, 0.3) is 0 Å². The largest absolute Gasteiger partial charge is 0.314 e. The molecule has 1 heterocycles. The van der Waals surface area contributed by atoms with Gasteiger partial charge >= 0.3 is 0 Å². The summed E-state index contributed by atoms with van der Waals surface area (Å²) in [6.07, 6.45) is 4.63. The summed E-state index contributed by atoms with van der Waals surface area (Å²) < 4.78 is 13.6. The summed E-state index contributed by atoms with van der Waals surface area (Å²) >= 11 is 6.31.